The number of hydrogen-bond donors (Lipinski definition) is 0. The molecule has 20 heavy (non-hydrogen) atoms. The summed E-state index contributed by atoms with van der Waals surface area (Å²) in [4.78, 5) is 0. The summed E-state index contributed by atoms with van der Waals surface area (Å²) in [5.41, 5.74) is 5.56. The molecule has 3 rings (SSSR count). The van der Waals surface area contributed by atoms with Crippen LogP contribution in [0.2, 0.25) is 0 Å². The van der Waals surface area contributed by atoms with E-state index < -0.39 is 0 Å². The number of aryl methyl sites for hydroxylation is 1. The van der Waals surface area contributed by atoms with Crippen molar-refractivity contribution in [2.75, 3.05) is 0 Å². The zero-order valence-electron chi connectivity index (χ0n) is 13.5. The van der Waals surface area contributed by atoms with E-state index in [0.717, 1.165) is 18.3 Å². The van der Waals surface area contributed by atoms with Crippen molar-refractivity contribution >= 4 is 0 Å². The molecule has 0 heteroatoms. The van der Waals surface area contributed by atoms with E-state index in [1.54, 1.807) is 5.56 Å². The van der Waals surface area contributed by atoms with E-state index in [9.17, 15) is 0 Å². The maximum absolute atomic E-state index is 3.96. The fraction of sp³-hybridized carbons (Fsp3) is 0.600. The van der Waals surface area contributed by atoms with Crippen LogP contribution in [0.15, 0.2) is 30.9 Å². The van der Waals surface area contributed by atoms with Crippen molar-refractivity contribution in [3.63, 3.8) is 0 Å². The van der Waals surface area contributed by atoms with Crippen molar-refractivity contribution in [2.45, 2.75) is 59.3 Å². The van der Waals surface area contributed by atoms with Crippen LogP contribution >= 0.6 is 0 Å². The lowest BCUT2D eigenvalue weighted by Gasteiger charge is -2.40. The second kappa shape index (κ2) is 4.48. The van der Waals surface area contributed by atoms with Gasteiger partial charge in [0.15, 0.2) is 0 Å². The minimum absolute atomic E-state index is 0.474. The van der Waals surface area contributed by atoms with E-state index in [0.29, 0.717) is 10.8 Å². The summed E-state index contributed by atoms with van der Waals surface area (Å²) in [7, 11) is 0. The second-order valence-corrected chi connectivity index (χ2v) is 7.80. The fourth-order valence-electron chi connectivity index (χ4n) is 5.15. The van der Waals surface area contributed by atoms with Gasteiger partial charge < -0.3 is 0 Å². The largest absolute Gasteiger partial charge is 0.103 e. The van der Waals surface area contributed by atoms with Gasteiger partial charge in [-0.05, 0) is 72.0 Å². The van der Waals surface area contributed by atoms with Crippen LogP contribution in [0.25, 0.3) is 0 Å². The first-order valence-corrected chi connectivity index (χ1v) is 8.11. The van der Waals surface area contributed by atoms with E-state index in [-0.39, 0.29) is 0 Å². The molecule has 2 aliphatic carbocycles. The summed E-state index contributed by atoms with van der Waals surface area (Å²) >= 11 is 0. The Labute approximate surface area is 124 Å². The molecule has 0 saturated heterocycles. The molecule has 1 aromatic carbocycles. The van der Waals surface area contributed by atoms with Crippen molar-refractivity contribution in [1.82, 2.24) is 0 Å². The first-order valence-electron chi connectivity index (χ1n) is 8.11. The van der Waals surface area contributed by atoms with Gasteiger partial charge in [0.05, 0.1) is 0 Å². The van der Waals surface area contributed by atoms with Gasteiger partial charge in [-0.3, -0.25) is 0 Å². The zero-order chi connectivity index (χ0) is 14.5. The molecular formula is C20H28. The Kier molecular flexibility index (Phi) is 3.12. The lowest BCUT2D eigenvalue weighted by molar-refractivity contribution is 0.134. The predicted molar refractivity (Wildman–Crippen MR) is 87.1 cm³/mol. The van der Waals surface area contributed by atoms with E-state index in [4.69, 9.17) is 0 Å². The normalized spacial score (nSPS) is 34.4. The highest BCUT2D eigenvalue weighted by Crippen LogP contribution is 2.71. The molecule has 3 atom stereocenters. The minimum atomic E-state index is 0.474. The number of fused-ring (bicyclic) bond motifs is 2. The van der Waals surface area contributed by atoms with Crippen LogP contribution < -0.4 is 0 Å². The predicted octanol–water partition coefficient (Wildman–Crippen LogP) is 5.65. The van der Waals surface area contributed by atoms with Gasteiger partial charge in [-0.1, -0.05) is 45.0 Å². The summed E-state index contributed by atoms with van der Waals surface area (Å²) in [6.45, 7) is 13.8. The van der Waals surface area contributed by atoms with Gasteiger partial charge in [-0.2, -0.15) is 0 Å². The second-order valence-electron chi connectivity index (χ2n) is 7.80. The summed E-state index contributed by atoms with van der Waals surface area (Å²) in [6, 6.07) is 6.89. The van der Waals surface area contributed by atoms with Crippen LogP contribution in [0.1, 0.15) is 62.6 Å². The van der Waals surface area contributed by atoms with E-state index in [1.807, 2.05) is 0 Å². The van der Waals surface area contributed by atoms with E-state index in [2.05, 4.69) is 58.5 Å². The molecule has 0 aliphatic heterocycles. The lowest BCUT2D eigenvalue weighted by atomic mass is 9.64. The standard InChI is InChI=1S/C20H28/c1-6-8-16-14(2)9-7-10-17(16)18-13-15-11-12-20(18,5)19(15,3)4/h6-7,9-10,15,18H,1,8,11-13H2,2-5H3. The van der Waals surface area contributed by atoms with Crippen LogP contribution in [0.5, 0.6) is 0 Å². The topological polar surface area (TPSA) is 0 Å². The van der Waals surface area contributed by atoms with Crippen molar-refractivity contribution in [1.29, 1.82) is 0 Å². The third-order valence-corrected chi connectivity index (χ3v) is 6.96. The Morgan fingerprint density at radius 2 is 2.05 bits per heavy atom. The monoisotopic (exact) mass is 268 g/mol. The fourth-order valence-corrected chi connectivity index (χ4v) is 5.15. The van der Waals surface area contributed by atoms with Gasteiger partial charge in [-0.15, -0.1) is 6.58 Å². The highest BCUT2D eigenvalue weighted by molar-refractivity contribution is 5.41. The molecule has 2 saturated carbocycles. The molecular weight excluding hydrogens is 240 g/mol. The van der Waals surface area contributed by atoms with E-state index >= 15 is 0 Å². The Bertz CT molecular complexity index is 537. The van der Waals surface area contributed by atoms with Crippen molar-refractivity contribution in [3.8, 4) is 0 Å². The van der Waals surface area contributed by atoms with Crippen molar-refractivity contribution in [3.05, 3.63) is 47.5 Å². The average Bonchev–Trinajstić information content (AvgIpc) is 2.74. The first-order chi connectivity index (χ1) is 9.41. The third kappa shape index (κ3) is 1.66. The maximum atomic E-state index is 3.96. The van der Waals surface area contributed by atoms with Crippen LogP contribution in [-0.4, -0.2) is 0 Å². The van der Waals surface area contributed by atoms with Gasteiger partial charge in [0.2, 0.25) is 0 Å². The Morgan fingerprint density at radius 3 is 2.60 bits per heavy atom. The number of rotatable bonds is 3. The molecule has 2 fully saturated rings. The van der Waals surface area contributed by atoms with Gasteiger partial charge >= 0.3 is 0 Å². The Balaban J connectivity index is 2.08. The molecule has 0 N–H and O–H groups in total. The maximum Gasteiger partial charge on any atom is -0.00947 e. The molecule has 1 aromatic rings. The SMILES string of the molecule is C=CCc1c(C)cccc1C1CC2CCC1(C)C2(C)C. The molecule has 2 aliphatic rings. The highest BCUT2D eigenvalue weighted by atomic mass is 14.7. The smallest absolute Gasteiger partial charge is 0.00947 e. The molecule has 0 aromatic heterocycles. The summed E-state index contributed by atoms with van der Waals surface area (Å²) in [5.74, 6) is 1.65. The van der Waals surface area contributed by atoms with Crippen LogP contribution in [-0.2, 0) is 6.42 Å². The van der Waals surface area contributed by atoms with Crippen LogP contribution in [0.4, 0.5) is 0 Å². The molecule has 0 spiro atoms. The Hall–Kier alpha value is -1.04. The van der Waals surface area contributed by atoms with Crippen molar-refractivity contribution < 1.29 is 0 Å². The highest BCUT2D eigenvalue weighted by Gasteiger charge is 2.61. The zero-order valence-corrected chi connectivity index (χ0v) is 13.5. The summed E-state index contributed by atoms with van der Waals surface area (Å²) < 4.78 is 0. The van der Waals surface area contributed by atoms with Gasteiger partial charge in [0.1, 0.15) is 0 Å². The molecule has 3 unspecified atom stereocenters. The molecule has 108 valence electrons. The lowest BCUT2D eigenvalue weighted by Crippen LogP contribution is -2.31. The first kappa shape index (κ1) is 13.9. The number of allylic oxidation sites excluding steroid dienone is 1. The minimum Gasteiger partial charge on any atom is -0.103 e. The summed E-state index contributed by atoms with van der Waals surface area (Å²) in [5, 5.41) is 0. The molecule has 0 nitrogen and oxygen atoms in total. The van der Waals surface area contributed by atoms with Crippen LogP contribution in [0, 0.1) is 23.7 Å². The van der Waals surface area contributed by atoms with Crippen molar-refractivity contribution in [2.24, 2.45) is 16.7 Å². The van der Waals surface area contributed by atoms with Gasteiger partial charge in [0, 0.05) is 0 Å². The number of hydrogen-bond acceptors (Lipinski definition) is 0. The van der Waals surface area contributed by atoms with Gasteiger partial charge in [-0.25, -0.2) is 0 Å². The average molecular weight is 268 g/mol. The number of benzene rings is 1. The molecule has 0 radical (unpaired) electrons. The van der Waals surface area contributed by atoms with Gasteiger partial charge in [0.25, 0.3) is 0 Å². The van der Waals surface area contributed by atoms with Crippen LogP contribution in [0.3, 0.4) is 0 Å². The van der Waals surface area contributed by atoms with E-state index in [1.165, 1.54) is 30.4 Å². The molecule has 0 amide bonds. The molecule has 0 heterocycles. The third-order valence-electron chi connectivity index (χ3n) is 6.96. The quantitative estimate of drug-likeness (QED) is 0.621. The Morgan fingerprint density at radius 1 is 1.30 bits per heavy atom. The molecule has 2 bridgehead atoms. The summed E-state index contributed by atoms with van der Waals surface area (Å²) in [6.07, 6.45) is 7.29.